The maximum Gasteiger partial charge on any atom is 0.145 e. The summed E-state index contributed by atoms with van der Waals surface area (Å²) in [5.41, 5.74) is 0. The molecule has 10 heavy (non-hydrogen) atoms. The van der Waals surface area contributed by atoms with Crippen LogP contribution in [0.4, 0.5) is 4.39 Å². The summed E-state index contributed by atoms with van der Waals surface area (Å²) in [5.74, 6) is -0.374. The van der Waals surface area contributed by atoms with Crippen LogP contribution >= 0.6 is 15.9 Å². The Morgan fingerprint density at radius 2 is 2.20 bits per heavy atom. The van der Waals surface area contributed by atoms with Gasteiger partial charge in [0.2, 0.25) is 0 Å². The summed E-state index contributed by atoms with van der Waals surface area (Å²) in [6.07, 6.45) is 3.79. The van der Waals surface area contributed by atoms with E-state index in [-0.39, 0.29) is 10.4 Å². The lowest BCUT2D eigenvalue weighted by Gasteiger charge is -1.82. The first-order valence-corrected chi connectivity index (χ1v) is 3.37. The highest BCUT2D eigenvalue weighted by Gasteiger charge is 1.86. The second-order valence-electron chi connectivity index (χ2n) is 1.43. The van der Waals surface area contributed by atoms with Crippen molar-refractivity contribution >= 4 is 20.6 Å². The van der Waals surface area contributed by atoms with E-state index in [1.165, 1.54) is 18.2 Å². The first-order valence-electron chi connectivity index (χ1n) is 2.58. The predicted octanol–water partition coefficient (Wildman–Crippen LogP) is 2.60. The molecule has 0 rings (SSSR count). The molecule has 0 aliphatic rings. The van der Waals surface area contributed by atoms with Gasteiger partial charge in [-0.1, -0.05) is 11.2 Å². The molecule has 1 N–H and O–H groups in total. The molecule has 0 unspecified atom stereocenters. The van der Waals surface area contributed by atoms with Crippen LogP contribution in [0.3, 0.4) is 0 Å². The molecule has 0 aromatic heterocycles. The van der Waals surface area contributed by atoms with Gasteiger partial charge in [0.15, 0.2) is 0 Å². The van der Waals surface area contributed by atoms with Crippen LogP contribution in [0.2, 0.25) is 0 Å². The second kappa shape index (κ2) is 5.17. The van der Waals surface area contributed by atoms with Crippen molar-refractivity contribution in [1.29, 1.82) is 0 Å². The van der Waals surface area contributed by atoms with Gasteiger partial charge in [-0.25, -0.2) is 4.39 Å². The molecule has 0 atom stereocenters. The van der Waals surface area contributed by atoms with Gasteiger partial charge >= 0.3 is 0 Å². The standard InChI is InChI=1S/C6H7BrFNO/c1-2-5(8)3-4-6(7)9-10/h2-4,10H,1H3/b4-3-,5-2+,9-6-. The summed E-state index contributed by atoms with van der Waals surface area (Å²) >= 11 is 2.85. The Morgan fingerprint density at radius 3 is 2.60 bits per heavy atom. The lowest BCUT2D eigenvalue weighted by atomic mass is 10.4. The van der Waals surface area contributed by atoms with Crippen LogP contribution in [0.15, 0.2) is 29.2 Å². The summed E-state index contributed by atoms with van der Waals surface area (Å²) in [4.78, 5) is 0. The van der Waals surface area contributed by atoms with Gasteiger partial charge in [0, 0.05) is 0 Å². The number of hydrogen-bond donors (Lipinski definition) is 1. The third kappa shape index (κ3) is 4.26. The summed E-state index contributed by atoms with van der Waals surface area (Å²) in [7, 11) is 0. The van der Waals surface area contributed by atoms with Gasteiger partial charge in [0.25, 0.3) is 0 Å². The third-order valence-electron chi connectivity index (χ3n) is 0.751. The zero-order valence-electron chi connectivity index (χ0n) is 5.38. The number of halogens is 2. The average molecular weight is 208 g/mol. The SMILES string of the molecule is C\C=C(F)/C=C\C(Br)=N\O. The van der Waals surface area contributed by atoms with Crippen LogP contribution in [0, 0.1) is 0 Å². The monoisotopic (exact) mass is 207 g/mol. The molecule has 0 fully saturated rings. The number of rotatable bonds is 2. The quantitative estimate of drug-likeness (QED) is 0.321. The molecule has 0 bridgehead atoms. The lowest BCUT2D eigenvalue weighted by molar-refractivity contribution is 0.321. The Labute approximate surface area is 66.9 Å². The molecule has 2 nitrogen and oxygen atoms in total. The van der Waals surface area contributed by atoms with Crippen molar-refractivity contribution in [2.75, 3.05) is 0 Å². The molecule has 0 saturated heterocycles. The normalized spacial score (nSPS) is 14.7. The van der Waals surface area contributed by atoms with Crippen LogP contribution in [0.25, 0.3) is 0 Å². The van der Waals surface area contributed by atoms with Gasteiger partial charge in [0.1, 0.15) is 10.4 Å². The van der Waals surface area contributed by atoms with E-state index in [1.807, 2.05) is 0 Å². The van der Waals surface area contributed by atoms with Gasteiger partial charge in [-0.2, -0.15) is 0 Å². The minimum absolute atomic E-state index is 0.185. The minimum Gasteiger partial charge on any atom is -0.410 e. The van der Waals surface area contributed by atoms with Crippen molar-refractivity contribution in [3.8, 4) is 0 Å². The van der Waals surface area contributed by atoms with E-state index in [1.54, 1.807) is 6.92 Å². The first kappa shape index (κ1) is 9.36. The van der Waals surface area contributed by atoms with E-state index >= 15 is 0 Å². The minimum atomic E-state index is -0.374. The highest BCUT2D eigenvalue weighted by molar-refractivity contribution is 9.18. The Hall–Kier alpha value is -0.640. The van der Waals surface area contributed by atoms with E-state index in [0.717, 1.165) is 0 Å². The van der Waals surface area contributed by atoms with Crippen LogP contribution in [0.5, 0.6) is 0 Å². The molecular weight excluding hydrogens is 201 g/mol. The van der Waals surface area contributed by atoms with E-state index in [2.05, 4.69) is 21.1 Å². The Morgan fingerprint density at radius 1 is 1.60 bits per heavy atom. The predicted molar refractivity (Wildman–Crippen MR) is 42.2 cm³/mol. The fraction of sp³-hybridized carbons (Fsp3) is 0.167. The van der Waals surface area contributed by atoms with Gasteiger partial charge in [-0.15, -0.1) is 0 Å². The maximum absolute atomic E-state index is 12.2. The molecule has 4 heteroatoms. The summed E-state index contributed by atoms with van der Waals surface area (Å²) < 4.78 is 12.4. The summed E-state index contributed by atoms with van der Waals surface area (Å²) in [5, 5.41) is 10.8. The van der Waals surface area contributed by atoms with Crippen molar-refractivity contribution in [2.24, 2.45) is 5.16 Å². The lowest BCUT2D eigenvalue weighted by Crippen LogP contribution is -1.76. The summed E-state index contributed by atoms with van der Waals surface area (Å²) in [6, 6.07) is 0. The van der Waals surface area contributed by atoms with Crippen LogP contribution in [-0.2, 0) is 0 Å². The first-order chi connectivity index (χ1) is 4.70. The molecule has 0 aliphatic heterocycles. The molecular formula is C6H7BrFNO. The molecule has 0 heterocycles. The van der Waals surface area contributed by atoms with Gasteiger partial charge in [0.05, 0.1) is 0 Å². The molecule has 0 aliphatic carbocycles. The Bertz CT molecular complexity index is 166. The number of allylic oxidation sites excluding steroid dienone is 4. The van der Waals surface area contributed by atoms with Crippen LogP contribution in [-0.4, -0.2) is 9.83 Å². The smallest absolute Gasteiger partial charge is 0.145 e. The number of nitrogens with zero attached hydrogens (tertiary/aromatic N) is 1. The highest BCUT2D eigenvalue weighted by atomic mass is 79.9. The van der Waals surface area contributed by atoms with E-state index < -0.39 is 0 Å². The van der Waals surface area contributed by atoms with Crippen LogP contribution < -0.4 is 0 Å². The fourth-order valence-electron chi connectivity index (χ4n) is 0.278. The Balaban J connectivity index is 4.01. The van der Waals surface area contributed by atoms with Crippen molar-refractivity contribution in [2.45, 2.75) is 6.92 Å². The molecule has 0 saturated carbocycles. The van der Waals surface area contributed by atoms with Crippen molar-refractivity contribution < 1.29 is 9.60 Å². The van der Waals surface area contributed by atoms with Crippen LogP contribution in [0.1, 0.15) is 6.92 Å². The molecule has 0 spiro atoms. The molecule has 0 aromatic rings. The largest absolute Gasteiger partial charge is 0.410 e. The van der Waals surface area contributed by atoms with Crippen molar-refractivity contribution in [1.82, 2.24) is 0 Å². The fourth-order valence-corrected chi connectivity index (χ4v) is 0.410. The zero-order valence-corrected chi connectivity index (χ0v) is 6.97. The van der Waals surface area contributed by atoms with Gasteiger partial charge < -0.3 is 5.21 Å². The zero-order chi connectivity index (χ0) is 7.98. The van der Waals surface area contributed by atoms with Gasteiger partial charge in [-0.3, -0.25) is 0 Å². The molecule has 0 radical (unpaired) electrons. The van der Waals surface area contributed by atoms with E-state index in [4.69, 9.17) is 5.21 Å². The molecule has 0 amide bonds. The van der Waals surface area contributed by atoms with E-state index in [9.17, 15) is 4.39 Å². The molecule has 0 aromatic carbocycles. The van der Waals surface area contributed by atoms with E-state index in [0.29, 0.717) is 0 Å². The highest BCUT2D eigenvalue weighted by Crippen LogP contribution is 1.99. The van der Waals surface area contributed by atoms with Crippen molar-refractivity contribution in [3.05, 3.63) is 24.1 Å². The summed E-state index contributed by atoms with van der Waals surface area (Å²) in [6.45, 7) is 1.57. The average Bonchev–Trinajstić information content (AvgIpc) is 1.99. The molecule has 56 valence electrons. The maximum atomic E-state index is 12.2. The Kier molecular flexibility index (Phi) is 4.84. The van der Waals surface area contributed by atoms with Gasteiger partial charge in [-0.05, 0) is 35.0 Å². The van der Waals surface area contributed by atoms with Crippen molar-refractivity contribution in [3.63, 3.8) is 0 Å². The third-order valence-corrected chi connectivity index (χ3v) is 1.17. The number of hydrogen-bond acceptors (Lipinski definition) is 2. The second-order valence-corrected chi connectivity index (χ2v) is 2.24. The number of oxime groups is 1. The topological polar surface area (TPSA) is 32.6 Å².